The van der Waals surface area contributed by atoms with Crippen LogP contribution in [0.2, 0.25) is 0 Å². The molecular formula is C16H17BrO2. The van der Waals surface area contributed by atoms with Crippen molar-refractivity contribution in [3.63, 3.8) is 0 Å². The van der Waals surface area contributed by atoms with Crippen molar-refractivity contribution in [3.8, 4) is 11.5 Å². The zero-order valence-corrected chi connectivity index (χ0v) is 12.7. The predicted octanol–water partition coefficient (Wildman–Crippen LogP) is 4.48. The number of hydrogen-bond donors (Lipinski definition) is 0. The standard InChI is InChI=1S/C16H17BrO2/c1-12-4-3-5-13(8-12)11-19-16-9-15(18-2)7-6-14(16)10-17/h3-9H,10-11H2,1-2H3. The first-order valence-corrected chi connectivity index (χ1v) is 7.26. The summed E-state index contributed by atoms with van der Waals surface area (Å²) in [7, 11) is 1.66. The molecule has 0 saturated heterocycles. The monoisotopic (exact) mass is 320 g/mol. The molecular weight excluding hydrogens is 304 g/mol. The molecule has 0 unspecified atom stereocenters. The molecule has 19 heavy (non-hydrogen) atoms. The van der Waals surface area contributed by atoms with Gasteiger partial charge in [0.1, 0.15) is 18.1 Å². The van der Waals surface area contributed by atoms with E-state index in [4.69, 9.17) is 9.47 Å². The summed E-state index contributed by atoms with van der Waals surface area (Å²) in [4.78, 5) is 0. The summed E-state index contributed by atoms with van der Waals surface area (Å²) >= 11 is 3.47. The van der Waals surface area contributed by atoms with Gasteiger partial charge in [-0.25, -0.2) is 0 Å². The van der Waals surface area contributed by atoms with Crippen LogP contribution in [0.15, 0.2) is 42.5 Å². The molecule has 2 nitrogen and oxygen atoms in total. The summed E-state index contributed by atoms with van der Waals surface area (Å²) in [5, 5.41) is 0.764. The molecule has 100 valence electrons. The molecule has 0 spiro atoms. The molecule has 0 aliphatic rings. The van der Waals surface area contributed by atoms with Crippen LogP contribution in [-0.2, 0) is 11.9 Å². The first-order chi connectivity index (χ1) is 9.22. The Hall–Kier alpha value is -1.48. The normalized spacial score (nSPS) is 10.3. The van der Waals surface area contributed by atoms with Gasteiger partial charge < -0.3 is 9.47 Å². The summed E-state index contributed by atoms with van der Waals surface area (Å²) in [6.45, 7) is 2.65. The van der Waals surface area contributed by atoms with Crippen molar-refractivity contribution in [3.05, 3.63) is 59.2 Å². The lowest BCUT2D eigenvalue weighted by molar-refractivity contribution is 0.301. The number of ether oxygens (including phenoxy) is 2. The first kappa shape index (κ1) is 13.9. The van der Waals surface area contributed by atoms with Gasteiger partial charge in [0.05, 0.1) is 7.11 Å². The van der Waals surface area contributed by atoms with Crippen molar-refractivity contribution in [2.75, 3.05) is 7.11 Å². The van der Waals surface area contributed by atoms with E-state index in [1.165, 1.54) is 11.1 Å². The Bertz CT molecular complexity index is 552. The van der Waals surface area contributed by atoms with Crippen LogP contribution in [-0.4, -0.2) is 7.11 Å². The third-order valence-corrected chi connectivity index (χ3v) is 3.50. The van der Waals surface area contributed by atoms with Gasteiger partial charge in [-0.3, -0.25) is 0 Å². The minimum absolute atomic E-state index is 0.564. The summed E-state index contributed by atoms with van der Waals surface area (Å²) < 4.78 is 11.1. The lowest BCUT2D eigenvalue weighted by atomic mass is 10.1. The van der Waals surface area contributed by atoms with Gasteiger partial charge in [-0.05, 0) is 18.6 Å². The van der Waals surface area contributed by atoms with Gasteiger partial charge >= 0.3 is 0 Å². The third-order valence-electron chi connectivity index (χ3n) is 2.90. The highest BCUT2D eigenvalue weighted by molar-refractivity contribution is 9.08. The van der Waals surface area contributed by atoms with Gasteiger partial charge in [-0.15, -0.1) is 0 Å². The molecule has 0 atom stereocenters. The number of alkyl halides is 1. The van der Waals surface area contributed by atoms with E-state index in [2.05, 4.69) is 41.1 Å². The molecule has 0 saturated carbocycles. The Morgan fingerprint density at radius 1 is 1.11 bits per heavy atom. The van der Waals surface area contributed by atoms with Crippen LogP contribution in [0.25, 0.3) is 0 Å². The Labute approximate surface area is 122 Å². The largest absolute Gasteiger partial charge is 0.497 e. The number of halogens is 1. The zero-order valence-electron chi connectivity index (χ0n) is 11.2. The second-order valence-corrected chi connectivity index (χ2v) is 4.95. The van der Waals surface area contributed by atoms with Crippen LogP contribution < -0.4 is 9.47 Å². The van der Waals surface area contributed by atoms with Crippen molar-refractivity contribution in [2.45, 2.75) is 18.9 Å². The van der Waals surface area contributed by atoms with Gasteiger partial charge in [0.15, 0.2) is 0 Å². The van der Waals surface area contributed by atoms with E-state index in [-0.39, 0.29) is 0 Å². The Morgan fingerprint density at radius 2 is 1.95 bits per heavy atom. The summed E-state index contributed by atoms with van der Waals surface area (Å²) in [5.74, 6) is 1.67. The molecule has 0 aliphatic heterocycles. The van der Waals surface area contributed by atoms with Crippen LogP contribution in [0.5, 0.6) is 11.5 Å². The number of benzene rings is 2. The fourth-order valence-electron chi connectivity index (χ4n) is 1.87. The molecule has 0 amide bonds. The molecule has 0 radical (unpaired) electrons. The highest BCUT2D eigenvalue weighted by atomic mass is 79.9. The summed E-state index contributed by atoms with van der Waals surface area (Å²) in [5.41, 5.74) is 3.53. The molecule has 2 aromatic rings. The Morgan fingerprint density at radius 3 is 2.63 bits per heavy atom. The topological polar surface area (TPSA) is 18.5 Å². The molecule has 0 bridgehead atoms. The molecule has 0 fully saturated rings. The van der Waals surface area contributed by atoms with Crippen molar-refractivity contribution in [1.82, 2.24) is 0 Å². The summed E-state index contributed by atoms with van der Waals surface area (Å²) in [6, 6.07) is 14.2. The maximum Gasteiger partial charge on any atom is 0.127 e. The Balaban J connectivity index is 2.14. The number of methoxy groups -OCH3 is 1. The van der Waals surface area contributed by atoms with Gasteiger partial charge in [0.25, 0.3) is 0 Å². The van der Waals surface area contributed by atoms with Crippen LogP contribution >= 0.6 is 15.9 Å². The van der Waals surface area contributed by atoms with Crippen LogP contribution in [0, 0.1) is 6.92 Å². The van der Waals surface area contributed by atoms with E-state index >= 15 is 0 Å². The molecule has 0 N–H and O–H groups in total. The third kappa shape index (κ3) is 3.74. The number of aryl methyl sites for hydroxylation is 1. The van der Waals surface area contributed by atoms with Crippen LogP contribution in [0.3, 0.4) is 0 Å². The second kappa shape index (κ2) is 6.62. The highest BCUT2D eigenvalue weighted by Gasteiger charge is 2.05. The van der Waals surface area contributed by atoms with Crippen molar-refractivity contribution in [1.29, 1.82) is 0 Å². The van der Waals surface area contributed by atoms with Gasteiger partial charge in [-0.1, -0.05) is 51.8 Å². The van der Waals surface area contributed by atoms with Crippen molar-refractivity contribution >= 4 is 15.9 Å². The van der Waals surface area contributed by atoms with Gasteiger partial charge in [0.2, 0.25) is 0 Å². The van der Waals surface area contributed by atoms with E-state index in [1.807, 2.05) is 24.3 Å². The number of hydrogen-bond acceptors (Lipinski definition) is 2. The quantitative estimate of drug-likeness (QED) is 0.756. The first-order valence-electron chi connectivity index (χ1n) is 6.14. The number of rotatable bonds is 5. The van der Waals surface area contributed by atoms with Crippen LogP contribution in [0.1, 0.15) is 16.7 Å². The minimum Gasteiger partial charge on any atom is -0.497 e. The second-order valence-electron chi connectivity index (χ2n) is 4.39. The lowest BCUT2D eigenvalue weighted by Crippen LogP contribution is -1.98. The molecule has 3 heteroatoms. The van der Waals surface area contributed by atoms with Crippen LogP contribution in [0.4, 0.5) is 0 Å². The van der Waals surface area contributed by atoms with Gasteiger partial charge in [0, 0.05) is 17.0 Å². The summed E-state index contributed by atoms with van der Waals surface area (Å²) in [6.07, 6.45) is 0. The zero-order chi connectivity index (χ0) is 13.7. The van der Waals surface area contributed by atoms with Crippen molar-refractivity contribution in [2.24, 2.45) is 0 Å². The average Bonchev–Trinajstić information content (AvgIpc) is 2.45. The maximum absolute atomic E-state index is 5.90. The average molecular weight is 321 g/mol. The minimum atomic E-state index is 0.564. The van der Waals surface area contributed by atoms with E-state index < -0.39 is 0 Å². The van der Waals surface area contributed by atoms with E-state index in [0.717, 1.165) is 22.4 Å². The SMILES string of the molecule is COc1ccc(CBr)c(OCc2cccc(C)c2)c1. The predicted molar refractivity (Wildman–Crippen MR) is 81.1 cm³/mol. The molecule has 0 aromatic heterocycles. The molecule has 0 heterocycles. The highest BCUT2D eigenvalue weighted by Crippen LogP contribution is 2.27. The Kier molecular flexibility index (Phi) is 4.86. The van der Waals surface area contributed by atoms with E-state index in [9.17, 15) is 0 Å². The van der Waals surface area contributed by atoms with E-state index in [0.29, 0.717) is 6.61 Å². The lowest BCUT2D eigenvalue weighted by Gasteiger charge is -2.12. The molecule has 2 aromatic carbocycles. The van der Waals surface area contributed by atoms with E-state index in [1.54, 1.807) is 7.11 Å². The molecule has 0 aliphatic carbocycles. The van der Waals surface area contributed by atoms with Crippen molar-refractivity contribution < 1.29 is 9.47 Å². The smallest absolute Gasteiger partial charge is 0.127 e. The molecule has 2 rings (SSSR count). The fourth-order valence-corrected chi connectivity index (χ4v) is 2.33. The maximum atomic E-state index is 5.90. The van der Waals surface area contributed by atoms with Gasteiger partial charge in [-0.2, -0.15) is 0 Å². The fraction of sp³-hybridized carbons (Fsp3) is 0.250.